The molecule has 1 fully saturated rings. The lowest BCUT2D eigenvalue weighted by atomic mass is 10.00. The summed E-state index contributed by atoms with van der Waals surface area (Å²) in [5.74, 6) is 1.39. The van der Waals surface area contributed by atoms with Crippen molar-refractivity contribution in [3.63, 3.8) is 0 Å². The molecule has 0 radical (unpaired) electrons. The minimum absolute atomic E-state index is 0.0108. The van der Waals surface area contributed by atoms with Crippen LogP contribution in [0.2, 0.25) is 0 Å². The van der Waals surface area contributed by atoms with Gasteiger partial charge in [0.05, 0.1) is 13.1 Å². The number of hydrogen-bond acceptors (Lipinski definition) is 3. The second kappa shape index (κ2) is 6.94. The van der Waals surface area contributed by atoms with Gasteiger partial charge < -0.3 is 15.4 Å². The topological polar surface area (TPSA) is 55.6 Å². The Hall–Kier alpha value is -1.55. The van der Waals surface area contributed by atoms with Crippen molar-refractivity contribution in [2.75, 3.05) is 19.6 Å². The number of carbonyl (C=O) groups is 1. The monoisotopic (exact) mass is 290 g/mol. The van der Waals surface area contributed by atoms with Crippen LogP contribution in [0.5, 0.6) is 5.75 Å². The van der Waals surface area contributed by atoms with Crippen molar-refractivity contribution in [3.8, 4) is 5.75 Å². The van der Waals surface area contributed by atoms with Crippen molar-refractivity contribution in [3.05, 3.63) is 29.3 Å². The lowest BCUT2D eigenvalue weighted by Crippen LogP contribution is -2.46. The van der Waals surface area contributed by atoms with E-state index in [1.807, 2.05) is 4.90 Å². The van der Waals surface area contributed by atoms with Crippen LogP contribution in [-0.2, 0) is 4.79 Å². The molecule has 1 aliphatic rings. The molecule has 2 N–H and O–H groups in total. The summed E-state index contributed by atoms with van der Waals surface area (Å²) in [6.07, 6.45) is 2.02. The number of ether oxygens (including phenoxy) is 1. The number of nitrogens with two attached hydrogens (primary N) is 1. The highest BCUT2D eigenvalue weighted by Gasteiger charge is 2.25. The lowest BCUT2D eigenvalue weighted by molar-refractivity contribution is -0.132. The number of carbonyl (C=O) groups excluding carboxylic acids is 1. The van der Waals surface area contributed by atoms with E-state index < -0.39 is 0 Å². The van der Waals surface area contributed by atoms with Gasteiger partial charge in [0.25, 0.3) is 0 Å². The first-order chi connectivity index (χ1) is 10.0. The zero-order chi connectivity index (χ0) is 15.4. The van der Waals surface area contributed by atoms with Gasteiger partial charge in [0.15, 0.2) is 0 Å². The summed E-state index contributed by atoms with van der Waals surface area (Å²) >= 11 is 0. The fraction of sp³-hybridized carbons (Fsp3) is 0.588. The van der Waals surface area contributed by atoms with E-state index >= 15 is 0 Å². The van der Waals surface area contributed by atoms with E-state index in [0.29, 0.717) is 12.5 Å². The fourth-order valence-electron chi connectivity index (χ4n) is 2.79. The standard InChI is InChI=1S/C17H26N2O2/c1-12(2)15-7-6-13(3)9-16(15)21-14-5-4-8-19(11-14)17(20)10-18/h6-7,9,12,14H,4-5,8,10-11,18H2,1-3H3. The Labute approximate surface area is 127 Å². The van der Waals surface area contributed by atoms with Gasteiger partial charge in [0.2, 0.25) is 5.91 Å². The van der Waals surface area contributed by atoms with E-state index in [0.717, 1.165) is 25.1 Å². The Morgan fingerprint density at radius 2 is 2.24 bits per heavy atom. The van der Waals surface area contributed by atoms with Gasteiger partial charge in [-0.25, -0.2) is 0 Å². The van der Waals surface area contributed by atoms with Crippen molar-refractivity contribution < 1.29 is 9.53 Å². The van der Waals surface area contributed by atoms with E-state index in [1.165, 1.54) is 11.1 Å². The van der Waals surface area contributed by atoms with Crippen LogP contribution in [0.15, 0.2) is 18.2 Å². The smallest absolute Gasteiger partial charge is 0.236 e. The molecule has 1 amide bonds. The fourth-order valence-corrected chi connectivity index (χ4v) is 2.79. The first kappa shape index (κ1) is 15.8. The first-order valence-electron chi connectivity index (χ1n) is 7.76. The van der Waals surface area contributed by atoms with Crippen LogP contribution in [0.3, 0.4) is 0 Å². The quantitative estimate of drug-likeness (QED) is 0.926. The molecular weight excluding hydrogens is 264 g/mol. The van der Waals surface area contributed by atoms with Crippen LogP contribution in [0.25, 0.3) is 0 Å². The van der Waals surface area contributed by atoms with Gasteiger partial charge >= 0.3 is 0 Å². The molecule has 1 heterocycles. The number of nitrogens with zero attached hydrogens (tertiary/aromatic N) is 1. The van der Waals surface area contributed by atoms with Crippen LogP contribution in [0.4, 0.5) is 0 Å². The Bertz CT molecular complexity index is 500. The molecule has 1 aromatic carbocycles. The van der Waals surface area contributed by atoms with Crippen LogP contribution < -0.4 is 10.5 Å². The van der Waals surface area contributed by atoms with Gasteiger partial charge in [-0.1, -0.05) is 26.0 Å². The summed E-state index contributed by atoms with van der Waals surface area (Å²) in [4.78, 5) is 13.6. The third kappa shape index (κ3) is 3.97. The molecule has 4 nitrogen and oxygen atoms in total. The van der Waals surface area contributed by atoms with E-state index in [9.17, 15) is 4.79 Å². The number of likely N-dealkylation sites (tertiary alicyclic amines) is 1. The Morgan fingerprint density at radius 1 is 1.48 bits per heavy atom. The number of benzene rings is 1. The molecule has 1 saturated heterocycles. The third-order valence-electron chi connectivity index (χ3n) is 3.99. The van der Waals surface area contributed by atoms with Gasteiger partial charge in [0.1, 0.15) is 11.9 Å². The lowest BCUT2D eigenvalue weighted by Gasteiger charge is -2.33. The SMILES string of the molecule is Cc1ccc(C(C)C)c(OC2CCCN(C(=O)CN)C2)c1. The third-order valence-corrected chi connectivity index (χ3v) is 3.99. The zero-order valence-electron chi connectivity index (χ0n) is 13.3. The molecule has 4 heteroatoms. The van der Waals surface area contributed by atoms with Crippen LogP contribution >= 0.6 is 0 Å². The summed E-state index contributed by atoms with van der Waals surface area (Å²) < 4.78 is 6.22. The van der Waals surface area contributed by atoms with Crippen molar-refractivity contribution in [2.45, 2.75) is 45.6 Å². The summed E-state index contributed by atoms with van der Waals surface area (Å²) in [6.45, 7) is 7.92. The molecule has 0 aliphatic carbocycles. The van der Waals surface area contributed by atoms with Gasteiger partial charge in [-0.05, 0) is 42.9 Å². The predicted octanol–water partition coefficient (Wildman–Crippen LogP) is 2.45. The molecule has 116 valence electrons. The second-order valence-corrected chi connectivity index (χ2v) is 6.12. The summed E-state index contributed by atoms with van der Waals surface area (Å²) in [6, 6.07) is 6.35. The molecule has 21 heavy (non-hydrogen) atoms. The zero-order valence-corrected chi connectivity index (χ0v) is 13.3. The van der Waals surface area contributed by atoms with Crippen molar-refractivity contribution in [2.24, 2.45) is 5.73 Å². The molecule has 1 atom stereocenters. The van der Waals surface area contributed by atoms with Gasteiger partial charge in [0, 0.05) is 6.54 Å². The average Bonchev–Trinajstić information content (AvgIpc) is 2.46. The summed E-state index contributed by atoms with van der Waals surface area (Å²) in [7, 11) is 0. The highest BCUT2D eigenvalue weighted by Crippen LogP contribution is 2.29. The molecule has 0 spiro atoms. The maximum absolute atomic E-state index is 11.7. The van der Waals surface area contributed by atoms with Crippen molar-refractivity contribution >= 4 is 5.91 Å². The first-order valence-corrected chi connectivity index (χ1v) is 7.76. The van der Waals surface area contributed by atoms with Gasteiger partial charge in [-0.15, -0.1) is 0 Å². The van der Waals surface area contributed by atoms with Crippen molar-refractivity contribution in [1.82, 2.24) is 4.90 Å². The van der Waals surface area contributed by atoms with Gasteiger partial charge in [-0.3, -0.25) is 4.79 Å². The van der Waals surface area contributed by atoms with Gasteiger partial charge in [-0.2, -0.15) is 0 Å². The normalized spacial score (nSPS) is 18.9. The molecule has 0 bridgehead atoms. The second-order valence-electron chi connectivity index (χ2n) is 6.12. The molecule has 0 aromatic heterocycles. The number of amides is 1. The molecule has 1 aromatic rings. The maximum Gasteiger partial charge on any atom is 0.236 e. The van der Waals surface area contributed by atoms with Crippen LogP contribution in [0, 0.1) is 6.92 Å². The highest BCUT2D eigenvalue weighted by atomic mass is 16.5. The highest BCUT2D eigenvalue weighted by molar-refractivity contribution is 5.78. The van der Waals surface area contributed by atoms with Crippen molar-refractivity contribution in [1.29, 1.82) is 0 Å². The average molecular weight is 290 g/mol. The molecule has 2 rings (SSSR count). The van der Waals surface area contributed by atoms with Crippen LogP contribution in [-0.4, -0.2) is 36.5 Å². The van der Waals surface area contributed by atoms with E-state index in [2.05, 4.69) is 39.0 Å². The number of rotatable bonds is 4. The van der Waals surface area contributed by atoms with E-state index in [-0.39, 0.29) is 18.6 Å². The molecular formula is C17H26N2O2. The minimum Gasteiger partial charge on any atom is -0.488 e. The molecule has 0 saturated carbocycles. The largest absolute Gasteiger partial charge is 0.488 e. The van der Waals surface area contributed by atoms with E-state index in [4.69, 9.17) is 10.5 Å². The maximum atomic E-state index is 11.7. The Morgan fingerprint density at radius 3 is 2.90 bits per heavy atom. The molecule has 1 aliphatic heterocycles. The van der Waals surface area contributed by atoms with Crippen LogP contribution in [0.1, 0.15) is 43.7 Å². The summed E-state index contributed by atoms with van der Waals surface area (Å²) in [5, 5.41) is 0. The minimum atomic E-state index is 0.0108. The summed E-state index contributed by atoms with van der Waals surface area (Å²) in [5.41, 5.74) is 7.87. The Kier molecular flexibility index (Phi) is 5.23. The van der Waals surface area contributed by atoms with E-state index in [1.54, 1.807) is 0 Å². The molecule has 1 unspecified atom stereocenters. The number of aryl methyl sites for hydroxylation is 1. The number of hydrogen-bond donors (Lipinski definition) is 1. The Balaban J connectivity index is 2.10. The number of piperidine rings is 1. The predicted molar refractivity (Wildman–Crippen MR) is 84.6 cm³/mol.